The number of carbonyl (C=O) groups excluding carboxylic acids is 1. The highest BCUT2D eigenvalue weighted by molar-refractivity contribution is 8.00. The van der Waals surface area contributed by atoms with Crippen molar-refractivity contribution in [3.8, 4) is 0 Å². The number of rotatable bonds is 8. The summed E-state index contributed by atoms with van der Waals surface area (Å²) in [7, 11) is 0. The van der Waals surface area contributed by atoms with E-state index < -0.39 is 0 Å². The molecule has 2 aromatic rings. The van der Waals surface area contributed by atoms with Gasteiger partial charge < -0.3 is 10.1 Å². The van der Waals surface area contributed by atoms with Crippen molar-refractivity contribution in [3.05, 3.63) is 66.2 Å². The van der Waals surface area contributed by atoms with Gasteiger partial charge in [0.25, 0.3) is 0 Å². The molecule has 1 fully saturated rings. The van der Waals surface area contributed by atoms with Crippen LogP contribution >= 0.6 is 23.5 Å². The van der Waals surface area contributed by atoms with Crippen molar-refractivity contribution in [1.29, 1.82) is 0 Å². The lowest BCUT2D eigenvalue weighted by atomic mass is 9.99. The smallest absolute Gasteiger partial charge is 0.230 e. The second-order valence-electron chi connectivity index (χ2n) is 6.47. The first-order valence-corrected chi connectivity index (χ1v) is 10.9. The van der Waals surface area contributed by atoms with Crippen LogP contribution in [0.15, 0.2) is 65.6 Å². The fourth-order valence-corrected chi connectivity index (χ4v) is 5.07. The Morgan fingerprint density at radius 3 is 2.35 bits per heavy atom. The maximum atomic E-state index is 12.3. The highest BCUT2D eigenvalue weighted by Crippen LogP contribution is 2.40. The SMILES string of the molecule is O=C(CSCc1ccccc1)NCC1(Sc2ccccc2)CCOCC1. The third kappa shape index (κ3) is 6.08. The van der Waals surface area contributed by atoms with Crippen LogP contribution in [-0.4, -0.2) is 36.2 Å². The highest BCUT2D eigenvalue weighted by Gasteiger charge is 2.34. The fourth-order valence-electron chi connectivity index (χ4n) is 2.94. The molecule has 1 aliphatic heterocycles. The number of ether oxygens (including phenoxy) is 1. The van der Waals surface area contributed by atoms with E-state index in [4.69, 9.17) is 4.74 Å². The number of amides is 1. The fraction of sp³-hybridized carbons (Fsp3) is 0.381. The number of thioether (sulfide) groups is 2. The van der Waals surface area contributed by atoms with Gasteiger partial charge in [0.2, 0.25) is 5.91 Å². The van der Waals surface area contributed by atoms with Gasteiger partial charge in [-0.25, -0.2) is 0 Å². The van der Waals surface area contributed by atoms with Crippen LogP contribution in [0.1, 0.15) is 18.4 Å². The molecule has 0 radical (unpaired) electrons. The topological polar surface area (TPSA) is 38.3 Å². The average Bonchev–Trinajstić information content (AvgIpc) is 2.69. The molecule has 3 nitrogen and oxygen atoms in total. The summed E-state index contributed by atoms with van der Waals surface area (Å²) in [4.78, 5) is 13.6. The van der Waals surface area contributed by atoms with Crippen molar-refractivity contribution in [3.63, 3.8) is 0 Å². The summed E-state index contributed by atoms with van der Waals surface area (Å²) in [6.45, 7) is 2.22. The molecule has 0 aromatic heterocycles. The Hall–Kier alpha value is -1.43. The Labute approximate surface area is 164 Å². The average molecular weight is 388 g/mol. The predicted molar refractivity (Wildman–Crippen MR) is 111 cm³/mol. The van der Waals surface area contributed by atoms with Gasteiger partial charge in [0.1, 0.15) is 0 Å². The maximum Gasteiger partial charge on any atom is 0.230 e. The molecular formula is C21H25NO2S2. The largest absolute Gasteiger partial charge is 0.381 e. The predicted octanol–water partition coefficient (Wildman–Crippen LogP) is 4.38. The number of carbonyl (C=O) groups is 1. The molecule has 0 unspecified atom stereocenters. The Bertz CT molecular complexity index is 673. The Balaban J connectivity index is 1.48. The van der Waals surface area contributed by atoms with E-state index >= 15 is 0 Å². The van der Waals surface area contributed by atoms with Crippen molar-refractivity contribution in [1.82, 2.24) is 5.32 Å². The molecule has 138 valence electrons. The van der Waals surface area contributed by atoms with Crippen molar-refractivity contribution < 1.29 is 9.53 Å². The van der Waals surface area contributed by atoms with Crippen molar-refractivity contribution in [2.75, 3.05) is 25.5 Å². The van der Waals surface area contributed by atoms with Crippen LogP contribution in [-0.2, 0) is 15.3 Å². The third-order valence-electron chi connectivity index (χ3n) is 4.43. The lowest BCUT2D eigenvalue weighted by molar-refractivity contribution is -0.118. The van der Waals surface area contributed by atoms with E-state index in [1.165, 1.54) is 10.5 Å². The summed E-state index contributed by atoms with van der Waals surface area (Å²) in [5.74, 6) is 1.48. The zero-order valence-corrected chi connectivity index (χ0v) is 16.5. The summed E-state index contributed by atoms with van der Waals surface area (Å²) in [6.07, 6.45) is 1.92. The maximum absolute atomic E-state index is 12.3. The van der Waals surface area contributed by atoms with Gasteiger partial charge in [-0.3, -0.25) is 4.79 Å². The quantitative estimate of drug-likeness (QED) is 0.730. The van der Waals surface area contributed by atoms with Crippen LogP contribution < -0.4 is 5.32 Å². The molecule has 0 bridgehead atoms. The van der Waals surface area contributed by atoms with Gasteiger partial charge in [0.05, 0.1) is 5.75 Å². The number of benzene rings is 2. The second-order valence-corrected chi connectivity index (χ2v) is 8.99. The molecule has 0 saturated carbocycles. The van der Waals surface area contributed by atoms with E-state index in [1.54, 1.807) is 11.8 Å². The molecule has 1 N–H and O–H groups in total. The summed E-state index contributed by atoms with van der Waals surface area (Å²) < 4.78 is 5.58. The van der Waals surface area contributed by atoms with Crippen LogP contribution in [0.25, 0.3) is 0 Å². The molecule has 0 aliphatic carbocycles. The molecule has 26 heavy (non-hydrogen) atoms. The Morgan fingerprint density at radius 2 is 1.65 bits per heavy atom. The van der Waals surface area contributed by atoms with Crippen LogP contribution in [0.2, 0.25) is 0 Å². The van der Waals surface area contributed by atoms with Gasteiger partial charge in [-0.1, -0.05) is 48.5 Å². The lowest BCUT2D eigenvalue weighted by Crippen LogP contribution is -2.44. The normalized spacial score (nSPS) is 16.2. The van der Waals surface area contributed by atoms with Crippen LogP contribution in [0.3, 0.4) is 0 Å². The standard InChI is InChI=1S/C21H25NO2S2/c23-20(16-25-15-18-7-3-1-4-8-18)22-17-21(11-13-24-14-12-21)26-19-9-5-2-6-10-19/h1-10H,11-17H2,(H,22,23). The molecule has 1 aliphatic rings. The molecule has 5 heteroatoms. The minimum atomic E-state index is 0.0271. The van der Waals surface area contributed by atoms with Crippen molar-refractivity contribution >= 4 is 29.4 Å². The van der Waals surface area contributed by atoms with E-state index in [1.807, 2.05) is 36.0 Å². The summed E-state index contributed by atoms with van der Waals surface area (Å²) in [5, 5.41) is 3.16. The van der Waals surface area contributed by atoms with E-state index in [2.05, 4.69) is 41.7 Å². The van der Waals surface area contributed by atoms with Gasteiger partial charge in [-0.15, -0.1) is 23.5 Å². The monoisotopic (exact) mass is 387 g/mol. The molecule has 1 heterocycles. The molecule has 1 saturated heterocycles. The van der Waals surface area contributed by atoms with Gasteiger partial charge in [0.15, 0.2) is 0 Å². The summed E-state index contributed by atoms with van der Waals surface area (Å²) in [6, 6.07) is 20.7. The number of hydrogen-bond donors (Lipinski definition) is 1. The van der Waals surface area contributed by atoms with Gasteiger partial charge in [0, 0.05) is 35.2 Å². The van der Waals surface area contributed by atoms with Crippen LogP contribution in [0.4, 0.5) is 0 Å². The summed E-state index contributed by atoms with van der Waals surface area (Å²) in [5.41, 5.74) is 1.26. The molecule has 3 rings (SSSR count). The molecule has 1 amide bonds. The van der Waals surface area contributed by atoms with Crippen LogP contribution in [0.5, 0.6) is 0 Å². The number of nitrogens with one attached hydrogen (secondary N) is 1. The Kier molecular flexibility index (Phi) is 7.47. The zero-order valence-electron chi connectivity index (χ0n) is 14.9. The third-order valence-corrected chi connectivity index (χ3v) is 6.93. The zero-order chi connectivity index (χ0) is 18.1. The van der Waals surface area contributed by atoms with E-state index in [9.17, 15) is 4.79 Å². The highest BCUT2D eigenvalue weighted by atomic mass is 32.2. The summed E-state index contributed by atoms with van der Waals surface area (Å²) >= 11 is 3.53. The van der Waals surface area contributed by atoms with Crippen molar-refractivity contribution in [2.24, 2.45) is 0 Å². The first kappa shape index (κ1) is 19.3. The minimum absolute atomic E-state index is 0.0271. The van der Waals surface area contributed by atoms with E-state index in [0.717, 1.165) is 31.8 Å². The first-order chi connectivity index (χ1) is 12.8. The van der Waals surface area contributed by atoms with Crippen molar-refractivity contribution in [2.45, 2.75) is 28.2 Å². The molecule has 0 atom stereocenters. The van der Waals surface area contributed by atoms with Gasteiger partial charge in [-0.05, 0) is 30.5 Å². The van der Waals surface area contributed by atoms with Gasteiger partial charge >= 0.3 is 0 Å². The minimum Gasteiger partial charge on any atom is -0.381 e. The van der Waals surface area contributed by atoms with E-state index in [-0.39, 0.29) is 10.7 Å². The second kappa shape index (κ2) is 10.0. The lowest BCUT2D eigenvalue weighted by Gasteiger charge is -2.36. The van der Waals surface area contributed by atoms with Gasteiger partial charge in [-0.2, -0.15) is 0 Å². The number of hydrogen-bond acceptors (Lipinski definition) is 4. The Morgan fingerprint density at radius 1 is 1.00 bits per heavy atom. The van der Waals surface area contributed by atoms with E-state index in [0.29, 0.717) is 12.3 Å². The first-order valence-electron chi connectivity index (χ1n) is 8.96. The molecular weight excluding hydrogens is 362 g/mol. The van der Waals surface area contributed by atoms with Crippen LogP contribution in [0, 0.1) is 0 Å². The molecule has 0 spiro atoms. The molecule has 2 aromatic carbocycles.